The molecule has 0 aliphatic heterocycles. The molecule has 1 fully saturated rings. The van der Waals surface area contributed by atoms with Crippen LogP contribution in [-0.4, -0.2) is 27.6 Å². The van der Waals surface area contributed by atoms with Gasteiger partial charge in [0.1, 0.15) is 11.2 Å². The molecule has 0 aromatic carbocycles. The molecule has 1 saturated carbocycles. The van der Waals surface area contributed by atoms with Crippen molar-refractivity contribution in [2.75, 3.05) is 5.73 Å². The highest BCUT2D eigenvalue weighted by atomic mass is 19.4. The molecule has 0 unspecified atom stereocenters. The molecular weight excluding hydrogens is 249 g/mol. The molecule has 3 N–H and O–H groups in total. The lowest BCUT2D eigenvalue weighted by molar-refractivity contribution is -0.163. The van der Waals surface area contributed by atoms with Gasteiger partial charge in [-0.1, -0.05) is 0 Å². The third kappa shape index (κ3) is 2.22. The van der Waals surface area contributed by atoms with Gasteiger partial charge >= 0.3 is 6.18 Å². The van der Waals surface area contributed by atoms with Crippen LogP contribution in [0.4, 0.5) is 19.1 Å². The fourth-order valence-corrected chi connectivity index (χ4v) is 1.59. The van der Waals surface area contributed by atoms with Crippen LogP contribution in [0.3, 0.4) is 0 Å². The summed E-state index contributed by atoms with van der Waals surface area (Å²) in [6.07, 6.45) is -4.67. The number of halogens is 3. The zero-order valence-corrected chi connectivity index (χ0v) is 9.51. The van der Waals surface area contributed by atoms with Gasteiger partial charge in [-0.2, -0.15) is 13.2 Å². The maximum absolute atomic E-state index is 12.7. The van der Waals surface area contributed by atoms with Gasteiger partial charge in [-0.25, -0.2) is 9.97 Å². The highest BCUT2D eigenvalue weighted by molar-refractivity contribution is 5.93. The molecule has 1 aromatic heterocycles. The van der Waals surface area contributed by atoms with Crippen LogP contribution in [0.2, 0.25) is 0 Å². The van der Waals surface area contributed by atoms with Crippen LogP contribution in [0.5, 0.6) is 0 Å². The van der Waals surface area contributed by atoms with E-state index in [0.717, 1.165) is 0 Å². The third-order valence-corrected chi connectivity index (χ3v) is 2.75. The summed E-state index contributed by atoms with van der Waals surface area (Å²) < 4.78 is 38.0. The van der Waals surface area contributed by atoms with Crippen LogP contribution >= 0.6 is 0 Å². The number of nitrogen functional groups attached to an aromatic ring is 1. The van der Waals surface area contributed by atoms with Gasteiger partial charge in [-0.05, 0) is 25.8 Å². The summed E-state index contributed by atoms with van der Waals surface area (Å²) in [5.41, 5.74) is 3.50. The van der Waals surface area contributed by atoms with Gasteiger partial charge in [0.05, 0.1) is 0 Å². The highest BCUT2D eigenvalue weighted by Crippen LogP contribution is 2.48. The summed E-state index contributed by atoms with van der Waals surface area (Å²) >= 11 is 0. The number of alkyl halides is 3. The first-order chi connectivity index (χ1) is 8.23. The van der Waals surface area contributed by atoms with Crippen LogP contribution in [0.1, 0.15) is 29.0 Å². The van der Waals surface area contributed by atoms with E-state index in [0.29, 0.717) is 5.69 Å². The molecule has 0 radical (unpaired) electrons. The van der Waals surface area contributed by atoms with Crippen molar-refractivity contribution in [3.8, 4) is 0 Å². The number of hydrogen-bond acceptors (Lipinski definition) is 4. The summed E-state index contributed by atoms with van der Waals surface area (Å²) in [5, 5.41) is 1.97. The van der Waals surface area contributed by atoms with Gasteiger partial charge in [0.25, 0.3) is 5.91 Å². The Morgan fingerprint density at radius 3 is 2.50 bits per heavy atom. The van der Waals surface area contributed by atoms with E-state index in [1.54, 1.807) is 6.92 Å². The van der Waals surface area contributed by atoms with Crippen LogP contribution in [0, 0.1) is 6.92 Å². The van der Waals surface area contributed by atoms with Crippen LogP contribution in [0.15, 0.2) is 6.07 Å². The number of hydrogen-bond donors (Lipinski definition) is 2. The quantitative estimate of drug-likeness (QED) is 0.837. The van der Waals surface area contributed by atoms with E-state index in [4.69, 9.17) is 5.73 Å². The predicted molar refractivity (Wildman–Crippen MR) is 56.7 cm³/mol. The van der Waals surface area contributed by atoms with Gasteiger partial charge in [-0.3, -0.25) is 4.79 Å². The molecule has 0 bridgehead atoms. The number of anilines is 1. The smallest absolute Gasteiger partial charge is 0.368 e. The van der Waals surface area contributed by atoms with Crippen molar-refractivity contribution in [2.24, 2.45) is 0 Å². The first-order valence-electron chi connectivity index (χ1n) is 5.24. The SMILES string of the molecule is Cc1cc(C(=O)NC2(C(F)(F)F)CC2)nc(N)n1. The van der Waals surface area contributed by atoms with E-state index in [1.807, 2.05) is 5.32 Å². The summed E-state index contributed by atoms with van der Waals surface area (Å²) in [4.78, 5) is 19.1. The standard InChI is InChI=1S/C10H11F3N4O/c1-5-4-6(16-8(14)15-5)7(18)17-9(2-3-9)10(11,12)13/h4H,2-3H2,1H3,(H,17,18)(H2,14,15,16). The summed E-state index contributed by atoms with van der Waals surface area (Å²) in [5.74, 6) is -1.03. The van der Waals surface area contributed by atoms with Crippen LogP contribution < -0.4 is 11.1 Å². The number of nitrogens with zero attached hydrogens (tertiary/aromatic N) is 2. The van der Waals surface area contributed by atoms with E-state index in [-0.39, 0.29) is 24.5 Å². The van der Waals surface area contributed by atoms with E-state index in [9.17, 15) is 18.0 Å². The van der Waals surface area contributed by atoms with Gasteiger partial charge in [0.2, 0.25) is 5.95 Å². The Hall–Kier alpha value is -1.86. The van der Waals surface area contributed by atoms with Gasteiger partial charge in [-0.15, -0.1) is 0 Å². The number of aryl methyl sites for hydroxylation is 1. The number of amides is 1. The second-order valence-corrected chi connectivity index (χ2v) is 4.29. The van der Waals surface area contributed by atoms with Crippen molar-refractivity contribution in [2.45, 2.75) is 31.5 Å². The minimum absolute atomic E-state index is 0.109. The van der Waals surface area contributed by atoms with Crippen LogP contribution in [-0.2, 0) is 0 Å². The maximum atomic E-state index is 12.7. The molecule has 0 saturated heterocycles. The molecule has 2 rings (SSSR count). The van der Waals surface area contributed by atoms with Crippen molar-refractivity contribution < 1.29 is 18.0 Å². The Balaban J connectivity index is 2.18. The Labute approximate surface area is 101 Å². The molecule has 1 heterocycles. The monoisotopic (exact) mass is 260 g/mol. The molecule has 0 spiro atoms. The fraction of sp³-hybridized carbons (Fsp3) is 0.500. The van der Waals surface area contributed by atoms with Crippen molar-refractivity contribution >= 4 is 11.9 Å². The highest BCUT2D eigenvalue weighted by Gasteiger charge is 2.64. The third-order valence-electron chi connectivity index (χ3n) is 2.75. The molecular formula is C10H11F3N4O. The molecule has 5 nitrogen and oxygen atoms in total. The lowest BCUT2D eigenvalue weighted by atomic mass is 10.2. The minimum atomic E-state index is -4.45. The molecule has 0 atom stereocenters. The summed E-state index contributed by atoms with van der Waals surface area (Å²) in [7, 11) is 0. The van der Waals surface area contributed by atoms with Crippen LogP contribution in [0.25, 0.3) is 0 Å². The number of rotatable bonds is 2. The minimum Gasteiger partial charge on any atom is -0.368 e. The molecule has 8 heteroatoms. The number of nitrogens with one attached hydrogen (secondary N) is 1. The lowest BCUT2D eigenvalue weighted by Crippen LogP contribution is -2.48. The normalized spacial score (nSPS) is 17.3. The molecule has 1 amide bonds. The second-order valence-electron chi connectivity index (χ2n) is 4.29. The molecule has 18 heavy (non-hydrogen) atoms. The van der Waals surface area contributed by atoms with Gasteiger partial charge < -0.3 is 11.1 Å². The Morgan fingerprint density at radius 2 is 2.06 bits per heavy atom. The topological polar surface area (TPSA) is 80.9 Å². The summed E-state index contributed by atoms with van der Waals surface area (Å²) in [6.45, 7) is 1.57. The number of carbonyl (C=O) groups is 1. The Kier molecular flexibility index (Phi) is 2.67. The molecule has 1 aliphatic rings. The Bertz CT molecular complexity index is 476. The van der Waals surface area contributed by atoms with E-state index in [1.165, 1.54) is 6.07 Å². The zero-order valence-electron chi connectivity index (χ0n) is 9.51. The van der Waals surface area contributed by atoms with Gasteiger partial charge in [0, 0.05) is 5.69 Å². The van der Waals surface area contributed by atoms with E-state index >= 15 is 0 Å². The van der Waals surface area contributed by atoms with E-state index in [2.05, 4.69) is 9.97 Å². The average Bonchev–Trinajstić information content (AvgIpc) is 2.96. The van der Waals surface area contributed by atoms with Gasteiger partial charge in [0.15, 0.2) is 0 Å². The predicted octanol–water partition coefficient (Wildman–Crippen LogP) is 1.19. The molecule has 98 valence electrons. The van der Waals surface area contributed by atoms with Crippen molar-refractivity contribution in [1.82, 2.24) is 15.3 Å². The number of carbonyl (C=O) groups excluding carboxylic acids is 1. The maximum Gasteiger partial charge on any atom is 0.411 e. The average molecular weight is 260 g/mol. The first kappa shape index (κ1) is 12.6. The second kappa shape index (κ2) is 3.82. The fourth-order valence-electron chi connectivity index (χ4n) is 1.59. The van der Waals surface area contributed by atoms with E-state index < -0.39 is 17.6 Å². The number of aromatic nitrogens is 2. The largest absolute Gasteiger partial charge is 0.411 e. The lowest BCUT2D eigenvalue weighted by Gasteiger charge is -2.20. The van der Waals surface area contributed by atoms with Crippen molar-refractivity contribution in [3.05, 3.63) is 17.5 Å². The molecule has 1 aliphatic carbocycles. The molecule has 1 aromatic rings. The Morgan fingerprint density at radius 1 is 1.44 bits per heavy atom. The first-order valence-corrected chi connectivity index (χ1v) is 5.24. The summed E-state index contributed by atoms with van der Waals surface area (Å²) in [6, 6.07) is 1.29. The zero-order chi connectivity index (χ0) is 13.6. The van der Waals surface area contributed by atoms with Crippen molar-refractivity contribution in [3.63, 3.8) is 0 Å². The van der Waals surface area contributed by atoms with Crippen molar-refractivity contribution in [1.29, 1.82) is 0 Å². The number of nitrogens with two attached hydrogens (primary N) is 1.